The molecule has 2 aliphatic rings. The molecule has 0 N–H and O–H groups in total. The number of hydrogen-bond donors (Lipinski definition) is 0. The van der Waals surface area contributed by atoms with Gasteiger partial charge in [0.05, 0.1) is 19.6 Å². The number of carbonyl (C=O) groups is 1. The van der Waals surface area contributed by atoms with Crippen LogP contribution < -0.4 is 0 Å². The summed E-state index contributed by atoms with van der Waals surface area (Å²) in [4.78, 5) is 23.5. The lowest BCUT2D eigenvalue weighted by Gasteiger charge is -2.37. The van der Waals surface area contributed by atoms with E-state index in [1.54, 1.807) is 36.4 Å². The number of nitroso groups, excluding NO2 is 1. The van der Waals surface area contributed by atoms with Crippen molar-refractivity contribution < 1.29 is 27.4 Å². The minimum absolute atomic E-state index is 0.0315. The van der Waals surface area contributed by atoms with Crippen LogP contribution in [0.3, 0.4) is 0 Å². The smallest absolute Gasteiger partial charge is 0.426 e. The van der Waals surface area contributed by atoms with E-state index in [2.05, 4.69) is 5.18 Å². The van der Waals surface area contributed by atoms with E-state index in [4.69, 9.17) is 9.47 Å². The molecule has 1 aliphatic carbocycles. The first-order chi connectivity index (χ1) is 16.3. The highest BCUT2D eigenvalue weighted by atomic mass is 32.1. The Morgan fingerprint density at radius 1 is 1.24 bits per heavy atom. The largest absolute Gasteiger partial charge is 0.498 e. The van der Waals surface area contributed by atoms with Gasteiger partial charge in [-0.25, -0.2) is 0 Å². The van der Waals surface area contributed by atoms with Crippen molar-refractivity contribution in [2.75, 3.05) is 26.7 Å². The van der Waals surface area contributed by atoms with Crippen LogP contribution in [0.5, 0.6) is 0 Å². The predicted molar refractivity (Wildman–Crippen MR) is 122 cm³/mol. The molecule has 1 amide bonds. The van der Waals surface area contributed by atoms with Crippen LogP contribution in [0.25, 0.3) is 11.1 Å². The van der Waals surface area contributed by atoms with Crippen molar-refractivity contribution in [1.29, 1.82) is 0 Å². The van der Waals surface area contributed by atoms with Gasteiger partial charge in [0.15, 0.2) is 0 Å². The van der Waals surface area contributed by atoms with Crippen molar-refractivity contribution in [3.63, 3.8) is 0 Å². The Balaban J connectivity index is 1.39. The minimum atomic E-state index is -4.45. The number of nitrogens with zero attached hydrogens (tertiary/aromatic N) is 2. The second kappa shape index (κ2) is 10.2. The molecule has 1 unspecified atom stereocenters. The molecule has 1 aromatic carbocycles. The summed E-state index contributed by atoms with van der Waals surface area (Å²) in [7, 11) is 1.53. The maximum atomic E-state index is 13.6. The van der Waals surface area contributed by atoms with Gasteiger partial charge in [-0.2, -0.15) is 13.2 Å². The Kier molecular flexibility index (Phi) is 7.30. The van der Waals surface area contributed by atoms with Gasteiger partial charge in [0.2, 0.25) is 0 Å². The lowest BCUT2D eigenvalue weighted by Crippen LogP contribution is -2.50. The molecule has 1 aliphatic heterocycles. The van der Waals surface area contributed by atoms with Gasteiger partial charge in [0, 0.05) is 35.3 Å². The molecule has 1 saturated heterocycles. The first kappa shape index (κ1) is 24.3. The van der Waals surface area contributed by atoms with Crippen LogP contribution in [0, 0.1) is 10.8 Å². The molecule has 0 bridgehead atoms. The van der Waals surface area contributed by atoms with Crippen LogP contribution in [0.15, 0.2) is 65.1 Å². The molecule has 1 aromatic heterocycles. The SMILES string of the molecule is COC1=CC(CN2CC(C(=O)N=O)C2)=CCC1OCc1cc(-c2ccccc2)c(C(F)(F)F)s1. The summed E-state index contributed by atoms with van der Waals surface area (Å²) in [5.74, 6) is -0.360. The Labute approximate surface area is 198 Å². The molecule has 1 atom stereocenters. The van der Waals surface area contributed by atoms with Gasteiger partial charge in [-0.05, 0) is 29.7 Å². The third-order valence-corrected chi connectivity index (χ3v) is 6.98. The molecule has 0 radical (unpaired) electrons. The zero-order valence-electron chi connectivity index (χ0n) is 18.4. The van der Waals surface area contributed by atoms with Crippen LogP contribution in [-0.2, 0) is 27.1 Å². The van der Waals surface area contributed by atoms with Gasteiger partial charge in [-0.1, -0.05) is 36.4 Å². The summed E-state index contributed by atoms with van der Waals surface area (Å²) in [5.41, 5.74) is 1.66. The van der Waals surface area contributed by atoms with Gasteiger partial charge < -0.3 is 9.47 Å². The van der Waals surface area contributed by atoms with Gasteiger partial charge in [-0.15, -0.1) is 16.2 Å². The maximum Gasteiger partial charge on any atom is 0.426 e. The predicted octanol–water partition coefficient (Wildman–Crippen LogP) is 5.40. The Morgan fingerprint density at radius 2 is 1.97 bits per heavy atom. The molecular weight excluding hydrogens is 469 g/mol. The fraction of sp³-hybridized carbons (Fsp3) is 0.375. The summed E-state index contributed by atoms with van der Waals surface area (Å²) < 4.78 is 52.3. The minimum Gasteiger partial charge on any atom is -0.498 e. The first-order valence-electron chi connectivity index (χ1n) is 10.7. The van der Waals surface area contributed by atoms with E-state index < -0.39 is 23.1 Å². The molecule has 1 fully saturated rings. The topological polar surface area (TPSA) is 68.2 Å². The van der Waals surface area contributed by atoms with Crippen LogP contribution in [0.2, 0.25) is 0 Å². The number of likely N-dealkylation sites (tertiary alicyclic amines) is 1. The van der Waals surface area contributed by atoms with E-state index in [0.717, 1.165) is 5.57 Å². The number of halogens is 3. The van der Waals surface area contributed by atoms with E-state index in [-0.39, 0.29) is 18.1 Å². The van der Waals surface area contributed by atoms with E-state index >= 15 is 0 Å². The fourth-order valence-corrected chi connectivity index (χ4v) is 5.05. The summed E-state index contributed by atoms with van der Waals surface area (Å²) in [5, 5.41) is 2.47. The Bertz CT molecular complexity index is 1110. The molecule has 0 spiro atoms. The number of thiophene rings is 1. The molecule has 2 aromatic rings. The Morgan fingerprint density at radius 3 is 2.62 bits per heavy atom. The number of methoxy groups -OCH3 is 1. The third kappa shape index (κ3) is 5.45. The average Bonchev–Trinajstić information content (AvgIpc) is 3.25. The normalized spacial score (nSPS) is 19.2. The number of amides is 1. The van der Waals surface area contributed by atoms with Crippen molar-refractivity contribution >= 4 is 17.2 Å². The van der Waals surface area contributed by atoms with Gasteiger partial charge in [0.25, 0.3) is 5.91 Å². The van der Waals surface area contributed by atoms with E-state index in [0.29, 0.717) is 53.6 Å². The number of carbonyl (C=O) groups excluding carboxylic acids is 1. The number of hydrogen-bond acceptors (Lipinski definition) is 6. The van der Waals surface area contributed by atoms with E-state index in [9.17, 15) is 22.9 Å². The number of ether oxygens (including phenoxy) is 2. The highest BCUT2D eigenvalue weighted by molar-refractivity contribution is 7.12. The number of benzene rings is 1. The maximum absolute atomic E-state index is 13.6. The molecular formula is C24H23F3N2O4S. The van der Waals surface area contributed by atoms with Gasteiger partial charge in [0.1, 0.15) is 16.7 Å². The number of alkyl halides is 3. The van der Waals surface area contributed by atoms with Crippen molar-refractivity contribution in [1.82, 2.24) is 4.90 Å². The van der Waals surface area contributed by atoms with E-state index in [1.807, 2.05) is 17.1 Å². The zero-order chi connectivity index (χ0) is 24.3. The molecule has 180 valence electrons. The van der Waals surface area contributed by atoms with Crippen LogP contribution >= 0.6 is 11.3 Å². The molecule has 4 rings (SSSR count). The van der Waals surface area contributed by atoms with Crippen LogP contribution in [0.1, 0.15) is 16.2 Å². The molecule has 0 saturated carbocycles. The van der Waals surface area contributed by atoms with Crippen molar-refractivity contribution in [3.8, 4) is 11.1 Å². The van der Waals surface area contributed by atoms with Crippen molar-refractivity contribution in [2.45, 2.75) is 25.3 Å². The van der Waals surface area contributed by atoms with Crippen LogP contribution in [-0.4, -0.2) is 43.7 Å². The monoisotopic (exact) mass is 492 g/mol. The summed E-state index contributed by atoms with van der Waals surface area (Å²) in [6.07, 6.45) is -0.492. The quantitative estimate of drug-likeness (QED) is 0.462. The highest BCUT2D eigenvalue weighted by Gasteiger charge is 2.37. The second-order valence-corrected chi connectivity index (χ2v) is 9.34. The summed E-state index contributed by atoms with van der Waals surface area (Å²) in [6, 6.07) is 10.0. The third-order valence-electron chi connectivity index (χ3n) is 5.83. The molecule has 10 heteroatoms. The van der Waals surface area contributed by atoms with Crippen LogP contribution in [0.4, 0.5) is 13.2 Å². The molecule has 6 nitrogen and oxygen atoms in total. The van der Waals surface area contributed by atoms with E-state index in [1.165, 1.54) is 7.11 Å². The molecule has 2 heterocycles. The standard InChI is InChI=1S/C24H23F3N2O4S/c1-32-21-9-15(11-29-12-17(13-29)23(30)28-31)7-8-20(21)33-14-18-10-19(16-5-3-2-4-6-16)22(34-18)24(25,26)27/h2-7,9-10,17,20H,8,11-14H2,1H3. The lowest BCUT2D eigenvalue weighted by atomic mass is 9.96. The zero-order valence-corrected chi connectivity index (χ0v) is 19.2. The summed E-state index contributed by atoms with van der Waals surface area (Å²) in [6.45, 7) is 1.61. The first-order valence-corrected chi connectivity index (χ1v) is 11.5. The van der Waals surface area contributed by atoms with Gasteiger partial charge >= 0.3 is 6.18 Å². The Hall–Kier alpha value is -2.82. The lowest BCUT2D eigenvalue weighted by molar-refractivity contribution is -0.133. The fourth-order valence-electron chi connectivity index (χ4n) is 4.09. The van der Waals surface area contributed by atoms with Crippen molar-refractivity contribution in [3.05, 3.63) is 74.5 Å². The molecule has 34 heavy (non-hydrogen) atoms. The average molecular weight is 493 g/mol. The number of rotatable bonds is 8. The second-order valence-electron chi connectivity index (χ2n) is 8.21. The van der Waals surface area contributed by atoms with Gasteiger partial charge in [-0.3, -0.25) is 9.69 Å². The highest BCUT2D eigenvalue weighted by Crippen LogP contribution is 2.43. The summed E-state index contributed by atoms with van der Waals surface area (Å²) >= 11 is 0.693. The van der Waals surface area contributed by atoms with Crippen molar-refractivity contribution in [2.24, 2.45) is 11.1 Å².